The molecule has 0 atom stereocenters. The lowest BCUT2D eigenvalue weighted by atomic mass is 10.0. The normalized spacial score (nSPS) is 23.1. The molecule has 3 heteroatoms. The summed E-state index contributed by atoms with van der Waals surface area (Å²) in [4.78, 5) is 23.3. The number of thioether (sulfide) groups is 1. The summed E-state index contributed by atoms with van der Waals surface area (Å²) >= 11 is 1.59. The highest BCUT2D eigenvalue weighted by atomic mass is 32.2. The van der Waals surface area contributed by atoms with Crippen LogP contribution in [0.2, 0.25) is 0 Å². The quantitative estimate of drug-likeness (QED) is 0.674. The van der Waals surface area contributed by atoms with E-state index in [2.05, 4.69) is 0 Å². The molecule has 1 fully saturated rings. The first kappa shape index (κ1) is 10.7. The summed E-state index contributed by atoms with van der Waals surface area (Å²) in [5.41, 5.74) is 0. The summed E-state index contributed by atoms with van der Waals surface area (Å²) in [6.07, 6.45) is 10.4. The van der Waals surface area contributed by atoms with Crippen LogP contribution in [0, 0.1) is 0 Å². The number of hydrogen-bond donors (Lipinski definition) is 0. The molecule has 0 spiro atoms. The zero-order valence-corrected chi connectivity index (χ0v) is 9.39. The van der Waals surface area contributed by atoms with E-state index in [4.69, 9.17) is 0 Å². The summed E-state index contributed by atoms with van der Waals surface area (Å²) in [5.74, 6) is -0.0712. The van der Waals surface area contributed by atoms with Crippen molar-refractivity contribution in [2.45, 2.75) is 37.4 Å². The number of allylic oxidation sites excluding steroid dienone is 4. The molecule has 0 aliphatic heterocycles. The Kier molecular flexibility index (Phi) is 3.41. The summed E-state index contributed by atoms with van der Waals surface area (Å²) in [6, 6.07) is 0. The van der Waals surface area contributed by atoms with Crippen LogP contribution in [0.5, 0.6) is 0 Å². The van der Waals surface area contributed by atoms with Crippen molar-refractivity contribution in [1.82, 2.24) is 0 Å². The van der Waals surface area contributed by atoms with E-state index in [-0.39, 0.29) is 11.6 Å². The smallest absolute Gasteiger partial charge is 0.192 e. The van der Waals surface area contributed by atoms with Gasteiger partial charge in [-0.1, -0.05) is 19.3 Å². The molecule has 0 bridgehead atoms. The van der Waals surface area contributed by atoms with Crippen molar-refractivity contribution in [1.29, 1.82) is 0 Å². The van der Waals surface area contributed by atoms with Crippen LogP contribution in [-0.2, 0) is 9.59 Å². The fourth-order valence-corrected chi connectivity index (χ4v) is 3.24. The maximum Gasteiger partial charge on any atom is 0.192 e. The van der Waals surface area contributed by atoms with Crippen molar-refractivity contribution >= 4 is 23.3 Å². The van der Waals surface area contributed by atoms with Crippen LogP contribution in [0.25, 0.3) is 0 Å². The summed E-state index contributed by atoms with van der Waals surface area (Å²) < 4.78 is 0. The van der Waals surface area contributed by atoms with Crippen molar-refractivity contribution in [3.05, 3.63) is 23.1 Å². The van der Waals surface area contributed by atoms with Crippen LogP contribution in [0.15, 0.2) is 23.1 Å². The average Bonchev–Trinajstić information content (AvgIpc) is 2.25. The molecule has 0 heterocycles. The molecule has 2 aliphatic carbocycles. The average molecular weight is 222 g/mol. The minimum atomic E-state index is -0.0621. The number of hydrogen-bond acceptors (Lipinski definition) is 3. The third-order valence-corrected chi connectivity index (χ3v) is 4.14. The zero-order valence-electron chi connectivity index (χ0n) is 8.57. The largest absolute Gasteiger partial charge is 0.290 e. The second-order valence-corrected chi connectivity index (χ2v) is 5.33. The zero-order chi connectivity index (χ0) is 10.7. The molecule has 0 aromatic rings. The Morgan fingerprint density at radius 2 is 1.80 bits per heavy atom. The van der Waals surface area contributed by atoms with Gasteiger partial charge in [0.2, 0.25) is 0 Å². The molecular weight excluding hydrogens is 208 g/mol. The highest BCUT2D eigenvalue weighted by Gasteiger charge is 2.20. The van der Waals surface area contributed by atoms with Gasteiger partial charge in [-0.05, 0) is 25.0 Å². The molecule has 80 valence electrons. The molecule has 0 unspecified atom stereocenters. The van der Waals surface area contributed by atoms with E-state index in [1.165, 1.54) is 50.3 Å². The monoisotopic (exact) mass is 222 g/mol. The summed E-state index contributed by atoms with van der Waals surface area (Å²) in [7, 11) is 0. The molecule has 0 amide bonds. The Morgan fingerprint density at radius 1 is 1.07 bits per heavy atom. The summed E-state index contributed by atoms with van der Waals surface area (Å²) in [6.45, 7) is 0. The van der Waals surface area contributed by atoms with Crippen molar-refractivity contribution in [2.24, 2.45) is 0 Å². The Morgan fingerprint density at radius 3 is 2.53 bits per heavy atom. The van der Waals surface area contributed by atoms with Crippen LogP contribution in [0.3, 0.4) is 0 Å². The molecule has 2 nitrogen and oxygen atoms in total. The third kappa shape index (κ3) is 2.81. The van der Waals surface area contributed by atoms with Gasteiger partial charge in [-0.25, -0.2) is 0 Å². The van der Waals surface area contributed by atoms with E-state index >= 15 is 0 Å². The van der Waals surface area contributed by atoms with E-state index in [1.807, 2.05) is 0 Å². The van der Waals surface area contributed by atoms with E-state index in [9.17, 15) is 9.59 Å². The third-order valence-electron chi connectivity index (χ3n) is 2.76. The molecule has 2 rings (SSSR count). The van der Waals surface area contributed by atoms with E-state index < -0.39 is 0 Å². The van der Waals surface area contributed by atoms with Crippen molar-refractivity contribution in [2.75, 3.05) is 0 Å². The predicted octanol–water partition coefficient (Wildman–Crippen LogP) is 2.64. The molecular formula is C12H14O2S. The van der Waals surface area contributed by atoms with Crippen LogP contribution in [0.4, 0.5) is 0 Å². The Bertz CT molecular complexity index is 336. The molecule has 0 radical (unpaired) electrons. The van der Waals surface area contributed by atoms with Crippen LogP contribution in [0.1, 0.15) is 32.1 Å². The fraction of sp³-hybridized carbons (Fsp3) is 0.500. The minimum absolute atomic E-state index is 0.00910. The van der Waals surface area contributed by atoms with Crippen molar-refractivity contribution in [3.8, 4) is 0 Å². The molecule has 0 aromatic carbocycles. The highest BCUT2D eigenvalue weighted by molar-refractivity contribution is 8.04. The topological polar surface area (TPSA) is 34.1 Å². The SMILES string of the molecule is O=C1C=CC(=O)C(SC2CCCCC2)=C1. The maximum atomic E-state index is 11.5. The molecule has 0 saturated heterocycles. The van der Waals surface area contributed by atoms with E-state index in [0.29, 0.717) is 10.2 Å². The first-order chi connectivity index (χ1) is 7.25. The van der Waals surface area contributed by atoms with Gasteiger partial charge in [-0.3, -0.25) is 9.59 Å². The highest BCUT2D eigenvalue weighted by Crippen LogP contribution is 2.34. The van der Waals surface area contributed by atoms with E-state index in [0.717, 1.165) is 0 Å². The van der Waals surface area contributed by atoms with Crippen molar-refractivity contribution < 1.29 is 9.59 Å². The molecule has 2 aliphatic rings. The first-order valence-corrected chi connectivity index (χ1v) is 6.28. The van der Waals surface area contributed by atoms with Gasteiger partial charge in [-0.15, -0.1) is 11.8 Å². The van der Waals surface area contributed by atoms with E-state index in [1.54, 1.807) is 11.8 Å². The maximum absolute atomic E-state index is 11.5. The standard InChI is InChI=1S/C12H14O2S/c13-9-6-7-11(14)12(8-9)15-10-4-2-1-3-5-10/h6-8,10H,1-5H2. The molecule has 1 saturated carbocycles. The molecule has 15 heavy (non-hydrogen) atoms. The predicted molar refractivity (Wildman–Crippen MR) is 61.7 cm³/mol. The number of carbonyl (C=O) groups is 2. The summed E-state index contributed by atoms with van der Waals surface area (Å²) in [5, 5.41) is 0.535. The molecule has 0 N–H and O–H groups in total. The van der Waals surface area contributed by atoms with Gasteiger partial charge in [0.1, 0.15) is 0 Å². The lowest BCUT2D eigenvalue weighted by Crippen LogP contribution is -2.12. The van der Waals surface area contributed by atoms with Crippen LogP contribution >= 0.6 is 11.8 Å². The van der Waals surface area contributed by atoms with Gasteiger partial charge in [0.25, 0.3) is 0 Å². The van der Waals surface area contributed by atoms with Crippen LogP contribution in [-0.4, -0.2) is 16.8 Å². The molecule has 0 aromatic heterocycles. The van der Waals surface area contributed by atoms with Gasteiger partial charge >= 0.3 is 0 Å². The lowest BCUT2D eigenvalue weighted by molar-refractivity contribution is -0.114. The van der Waals surface area contributed by atoms with Crippen LogP contribution < -0.4 is 0 Å². The minimum Gasteiger partial charge on any atom is -0.290 e. The second kappa shape index (κ2) is 4.79. The lowest BCUT2D eigenvalue weighted by Gasteiger charge is -2.21. The number of carbonyl (C=O) groups excluding carboxylic acids is 2. The van der Waals surface area contributed by atoms with Gasteiger partial charge in [0.15, 0.2) is 11.6 Å². The Balaban J connectivity index is 1.98. The first-order valence-electron chi connectivity index (χ1n) is 5.40. The van der Waals surface area contributed by atoms with Crippen molar-refractivity contribution in [3.63, 3.8) is 0 Å². The fourth-order valence-electron chi connectivity index (χ4n) is 1.94. The van der Waals surface area contributed by atoms with Gasteiger partial charge < -0.3 is 0 Å². The van der Waals surface area contributed by atoms with Gasteiger partial charge in [-0.2, -0.15) is 0 Å². The number of ketones is 2. The Hall–Kier alpha value is -0.830. The Labute approximate surface area is 93.8 Å². The second-order valence-electron chi connectivity index (χ2n) is 3.99. The van der Waals surface area contributed by atoms with Gasteiger partial charge in [0.05, 0.1) is 4.91 Å². The van der Waals surface area contributed by atoms with Gasteiger partial charge in [0, 0.05) is 11.3 Å². The number of rotatable bonds is 2.